The molecule has 1 aromatic carbocycles. The van der Waals surface area contributed by atoms with Crippen LogP contribution in [-0.2, 0) is 0 Å². The largest absolute Gasteiger partial charge is 0.323 e. The monoisotopic (exact) mass is 240 g/mol. The maximum absolute atomic E-state index is 10.9. The van der Waals surface area contributed by atoms with Gasteiger partial charge in [-0.15, -0.1) is 0 Å². The molecule has 0 atom stereocenters. The summed E-state index contributed by atoms with van der Waals surface area (Å²) in [6, 6.07) is 3.27. The summed E-state index contributed by atoms with van der Waals surface area (Å²) in [5.41, 5.74) is 1.55. The van der Waals surface area contributed by atoms with Crippen molar-refractivity contribution in [3.8, 4) is 0 Å². The van der Waals surface area contributed by atoms with Gasteiger partial charge in [-0.1, -0.05) is 0 Å². The molecule has 4 nitrogen and oxygen atoms in total. The summed E-state index contributed by atoms with van der Waals surface area (Å²) in [5.74, 6) is 0. The molecule has 2 rings (SSSR count). The third-order valence-corrected chi connectivity index (χ3v) is 2.36. The summed E-state index contributed by atoms with van der Waals surface area (Å²) in [6.07, 6.45) is 0.732. The number of aldehydes is 1. The molecule has 0 amide bonds. The normalized spacial score (nSPS) is 10.5. The Hall–Kier alpha value is -1.36. The average Bonchev–Trinajstić information content (AvgIpc) is 2.46. The number of halogens is 1. The molecule has 66 valence electrons. The fourth-order valence-electron chi connectivity index (χ4n) is 1.19. The van der Waals surface area contributed by atoms with Crippen molar-refractivity contribution in [2.75, 3.05) is 0 Å². The maximum atomic E-state index is 10.9. The number of imidazole rings is 1. The van der Waals surface area contributed by atoms with Crippen LogP contribution in [0.15, 0.2) is 21.4 Å². The number of aromatic nitrogens is 2. The second-order valence-electron chi connectivity index (χ2n) is 2.62. The molecule has 2 N–H and O–H groups in total. The highest BCUT2D eigenvalue weighted by Crippen LogP contribution is 2.20. The van der Waals surface area contributed by atoms with E-state index in [9.17, 15) is 9.59 Å². The minimum Gasteiger partial charge on any atom is -0.306 e. The van der Waals surface area contributed by atoms with Crippen molar-refractivity contribution < 1.29 is 4.79 Å². The van der Waals surface area contributed by atoms with Crippen LogP contribution in [0.25, 0.3) is 11.0 Å². The predicted molar refractivity (Wildman–Crippen MR) is 52.0 cm³/mol. The first-order valence-electron chi connectivity index (χ1n) is 3.57. The van der Waals surface area contributed by atoms with Crippen LogP contribution >= 0.6 is 15.9 Å². The van der Waals surface area contributed by atoms with Gasteiger partial charge in [0.1, 0.15) is 6.29 Å². The van der Waals surface area contributed by atoms with Crippen molar-refractivity contribution >= 4 is 33.2 Å². The molecule has 0 saturated heterocycles. The molecule has 0 aliphatic rings. The fourth-order valence-corrected chi connectivity index (χ4v) is 1.77. The minimum absolute atomic E-state index is 0.279. The van der Waals surface area contributed by atoms with Crippen LogP contribution < -0.4 is 5.69 Å². The van der Waals surface area contributed by atoms with Gasteiger partial charge in [0.15, 0.2) is 0 Å². The molecule has 1 aromatic heterocycles. The average molecular weight is 241 g/mol. The molecule has 0 bridgehead atoms. The first-order chi connectivity index (χ1) is 6.20. The molecule has 0 radical (unpaired) electrons. The zero-order valence-corrected chi connectivity index (χ0v) is 8.01. The van der Waals surface area contributed by atoms with Crippen LogP contribution in [0.2, 0.25) is 0 Å². The number of carbonyl (C=O) groups excluding carboxylic acids is 1. The van der Waals surface area contributed by atoms with Gasteiger partial charge < -0.3 is 9.97 Å². The van der Waals surface area contributed by atoms with Crippen LogP contribution in [-0.4, -0.2) is 16.3 Å². The van der Waals surface area contributed by atoms with E-state index in [1.165, 1.54) is 0 Å². The molecule has 0 aliphatic heterocycles. The Morgan fingerprint density at radius 1 is 1.31 bits per heavy atom. The van der Waals surface area contributed by atoms with Crippen molar-refractivity contribution in [1.29, 1.82) is 0 Å². The van der Waals surface area contributed by atoms with Crippen molar-refractivity contribution in [2.24, 2.45) is 0 Å². The Bertz CT molecular complexity index is 526. The van der Waals surface area contributed by atoms with E-state index in [1.807, 2.05) is 0 Å². The Balaban J connectivity index is 2.90. The molecule has 13 heavy (non-hydrogen) atoms. The number of fused-ring (bicyclic) bond motifs is 1. The summed E-state index contributed by atoms with van der Waals surface area (Å²) in [4.78, 5) is 26.6. The van der Waals surface area contributed by atoms with Crippen molar-refractivity contribution in [2.45, 2.75) is 0 Å². The number of hydrogen-bond acceptors (Lipinski definition) is 2. The summed E-state index contributed by atoms with van der Waals surface area (Å²) in [6.45, 7) is 0. The number of hydrogen-bond donors (Lipinski definition) is 2. The van der Waals surface area contributed by atoms with E-state index in [4.69, 9.17) is 0 Å². The van der Waals surface area contributed by atoms with Crippen LogP contribution in [0.3, 0.4) is 0 Å². The van der Waals surface area contributed by atoms with Gasteiger partial charge in [0.25, 0.3) is 0 Å². The highest BCUT2D eigenvalue weighted by molar-refractivity contribution is 9.10. The van der Waals surface area contributed by atoms with Crippen LogP contribution in [0.5, 0.6) is 0 Å². The summed E-state index contributed by atoms with van der Waals surface area (Å²) < 4.78 is 0.699. The van der Waals surface area contributed by atoms with Crippen LogP contribution in [0.4, 0.5) is 0 Å². The number of H-pyrrole nitrogens is 2. The molecule has 1 heterocycles. The van der Waals surface area contributed by atoms with Crippen molar-refractivity contribution in [1.82, 2.24) is 9.97 Å². The van der Waals surface area contributed by atoms with Gasteiger partial charge >= 0.3 is 5.69 Å². The van der Waals surface area contributed by atoms with Crippen molar-refractivity contribution in [3.63, 3.8) is 0 Å². The van der Waals surface area contributed by atoms with E-state index >= 15 is 0 Å². The lowest BCUT2D eigenvalue weighted by molar-refractivity contribution is 0.112. The quantitative estimate of drug-likeness (QED) is 0.741. The predicted octanol–water partition coefficient (Wildman–Crippen LogP) is 1.43. The second-order valence-corrected chi connectivity index (χ2v) is 3.48. The van der Waals surface area contributed by atoms with Gasteiger partial charge in [-0.2, -0.15) is 0 Å². The molecule has 5 heteroatoms. The van der Waals surface area contributed by atoms with Gasteiger partial charge in [-0.25, -0.2) is 4.79 Å². The first-order valence-corrected chi connectivity index (χ1v) is 4.37. The number of carbonyl (C=O) groups is 1. The fraction of sp³-hybridized carbons (Fsp3) is 0. The number of benzene rings is 1. The third-order valence-electron chi connectivity index (χ3n) is 1.74. The van der Waals surface area contributed by atoms with E-state index in [1.54, 1.807) is 12.1 Å². The lowest BCUT2D eigenvalue weighted by atomic mass is 10.2. The summed E-state index contributed by atoms with van der Waals surface area (Å²) >= 11 is 3.25. The lowest BCUT2D eigenvalue weighted by Gasteiger charge is -1.94. The third kappa shape index (κ3) is 1.31. The van der Waals surface area contributed by atoms with Crippen molar-refractivity contribution in [3.05, 3.63) is 32.7 Å². The first kappa shape index (κ1) is 8.25. The zero-order chi connectivity index (χ0) is 9.42. The highest BCUT2D eigenvalue weighted by Gasteiger charge is 2.04. The smallest absolute Gasteiger partial charge is 0.306 e. The Morgan fingerprint density at radius 3 is 2.77 bits per heavy atom. The van der Waals surface area contributed by atoms with Gasteiger partial charge in [-0.05, 0) is 28.1 Å². The van der Waals surface area contributed by atoms with E-state index in [0.29, 0.717) is 21.1 Å². The van der Waals surface area contributed by atoms with E-state index in [-0.39, 0.29) is 5.69 Å². The molecular formula is C8H5BrN2O2. The van der Waals surface area contributed by atoms with Crippen LogP contribution in [0.1, 0.15) is 10.4 Å². The Kier molecular flexibility index (Phi) is 1.81. The number of aromatic amines is 2. The highest BCUT2D eigenvalue weighted by atomic mass is 79.9. The van der Waals surface area contributed by atoms with E-state index in [0.717, 1.165) is 6.29 Å². The Labute approximate surface area is 81.1 Å². The Morgan fingerprint density at radius 2 is 2.08 bits per heavy atom. The zero-order valence-electron chi connectivity index (χ0n) is 6.43. The summed E-state index contributed by atoms with van der Waals surface area (Å²) in [5, 5.41) is 0. The minimum atomic E-state index is -0.279. The van der Waals surface area contributed by atoms with Gasteiger partial charge in [0, 0.05) is 10.0 Å². The molecule has 0 aliphatic carbocycles. The van der Waals surface area contributed by atoms with Crippen LogP contribution in [0, 0.1) is 0 Å². The van der Waals surface area contributed by atoms with E-state index < -0.39 is 0 Å². The number of rotatable bonds is 1. The van der Waals surface area contributed by atoms with Gasteiger partial charge in [0.2, 0.25) is 0 Å². The van der Waals surface area contributed by atoms with Gasteiger partial charge in [-0.3, -0.25) is 4.79 Å². The number of nitrogens with one attached hydrogen (secondary N) is 2. The topological polar surface area (TPSA) is 65.7 Å². The standard InChI is InChI=1S/C8H5BrN2O2/c9-5-1-4(3-12)2-6-7(5)11-8(13)10-6/h1-3H,(H2,10,11,13). The SMILES string of the molecule is O=Cc1cc(Br)c2[nH]c(=O)[nH]c2c1. The molecule has 0 spiro atoms. The molecular weight excluding hydrogens is 236 g/mol. The van der Waals surface area contributed by atoms with E-state index in [2.05, 4.69) is 25.9 Å². The lowest BCUT2D eigenvalue weighted by Crippen LogP contribution is -1.99. The second kappa shape index (κ2) is 2.85. The molecule has 0 fully saturated rings. The summed E-state index contributed by atoms with van der Waals surface area (Å²) in [7, 11) is 0. The van der Waals surface area contributed by atoms with Gasteiger partial charge in [0.05, 0.1) is 11.0 Å². The maximum Gasteiger partial charge on any atom is 0.323 e. The molecule has 0 saturated carbocycles. The molecule has 0 unspecified atom stereocenters. The molecule has 2 aromatic rings.